The Balaban J connectivity index is 1.50. The minimum atomic E-state index is -0.729. The van der Waals surface area contributed by atoms with E-state index in [1.807, 2.05) is 35.0 Å². The molecule has 1 saturated heterocycles. The van der Waals surface area contributed by atoms with Crippen molar-refractivity contribution in [3.8, 4) is 11.4 Å². The summed E-state index contributed by atoms with van der Waals surface area (Å²) in [6, 6.07) is 15.8. The third-order valence-corrected chi connectivity index (χ3v) is 4.84. The second-order valence-electron chi connectivity index (χ2n) is 6.91. The number of aromatic nitrogens is 1. The number of nitrogens with one attached hydrogen (secondary N) is 2. The number of carbonyl (C=O) groups is 3. The number of benzene rings is 2. The van der Waals surface area contributed by atoms with Gasteiger partial charge >= 0.3 is 6.03 Å². The van der Waals surface area contributed by atoms with Crippen molar-refractivity contribution in [1.82, 2.24) is 14.8 Å². The number of carbonyl (C=O) groups excluding carboxylic acids is 3. The number of hydrogen-bond acceptors (Lipinski definition) is 4. The highest BCUT2D eigenvalue weighted by atomic mass is 19.1. The molecule has 0 radical (unpaired) electrons. The summed E-state index contributed by atoms with van der Waals surface area (Å²) in [7, 11) is 1.58. The average molecular weight is 434 g/mol. The SMILES string of the molecule is COc1ccc(-n2cccc2/C=C2\NC(=O)N(CC(=O)Nc3ccccc3F)C2=O)cc1. The molecule has 9 heteroatoms. The molecule has 8 nitrogen and oxygen atoms in total. The zero-order chi connectivity index (χ0) is 22.7. The number of halogens is 1. The number of amides is 4. The fourth-order valence-corrected chi connectivity index (χ4v) is 3.25. The van der Waals surface area contributed by atoms with E-state index in [4.69, 9.17) is 4.74 Å². The van der Waals surface area contributed by atoms with Gasteiger partial charge in [-0.05, 0) is 54.6 Å². The number of hydrogen-bond donors (Lipinski definition) is 2. The van der Waals surface area contributed by atoms with Gasteiger partial charge in [-0.25, -0.2) is 14.1 Å². The van der Waals surface area contributed by atoms with Crippen molar-refractivity contribution < 1.29 is 23.5 Å². The number of ether oxygens (including phenoxy) is 1. The molecule has 0 aliphatic carbocycles. The number of rotatable bonds is 6. The van der Waals surface area contributed by atoms with Crippen molar-refractivity contribution in [2.75, 3.05) is 19.0 Å². The van der Waals surface area contributed by atoms with Crippen LogP contribution in [-0.2, 0) is 9.59 Å². The number of methoxy groups -OCH3 is 1. The zero-order valence-corrected chi connectivity index (χ0v) is 17.0. The van der Waals surface area contributed by atoms with E-state index in [0.717, 1.165) is 10.6 Å². The summed E-state index contributed by atoms with van der Waals surface area (Å²) in [5.41, 5.74) is 1.48. The van der Waals surface area contributed by atoms with Gasteiger partial charge in [-0.3, -0.25) is 9.59 Å². The van der Waals surface area contributed by atoms with Gasteiger partial charge in [0.2, 0.25) is 5.91 Å². The van der Waals surface area contributed by atoms with Crippen LogP contribution >= 0.6 is 0 Å². The Morgan fingerprint density at radius 3 is 2.56 bits per heavy atom. The van der Waals surface area contributed by atoms with Gasteiger partial charge in [0.1, 0.15) is 23.8 Å². The van der Waals surface area contributed by atoms with Gasteiger partial charge in [0.05, 0.1) is 12.8 Å². The first-order valence-corrected chi connectivity index (χ1v) is 9.67. The van der Waals surface area contributed by atoms with E-state index >= 15 is 0 Å². The molecule has 4 amide bonds. The van der Waals surface area contributed by atoms with Crippen LogP contribution in [0.15, 0.2) is 72.6 Å². The Labute approximate surface area is 182 Å². The fourth-order valence-electron chi connectivity index (χ4n) is 3.25. The molecule has 0 unspecified atom stereocenters. The van der Waals surface area contributed by atoms with Crippen LogP contribution in [-0.4, -0.2) is 41.0 Å². The molecule has 32 heavy (non-hydrogen) atoms. The quantitative estimate of drug-likeness (QED) is 0.461. The Morgan fingerprint density at radius 2 is 1.84 bits per heavy atom. The third-order valence-electron chi connectivity index (χ3n) is 4.84. The van der Waals surface area contributed by atoms with Crippen molar-refractivity contribution in [3.63, 3.8) is 0 Å². The van der Waals surface area contributed by atoms with E-state index in [2.05, 4.69) is 10.6 Å². The van der Waals surface area contributed by atoms with Crippen LogP contribution in [0.2, 0.25) is 0 Å². The monoisotopic (exact) mass is 434 g/mol. The maximum atomic E-state index is 13.7. The molecule has 2 heterocycles. The molecular weight excluding hydrogens is 415 g/mol. The summed E-state index contributed by atoms with van der Waals surface area (Å²) in [6.07, 6.45) is 3.34. The number of para-hydroxylation sites is 1. The van der Waals surface area contributed by atoms with Crippen LogP contribution in [0.1, 0.15) is 5.69 Å². The highest BCUT2D eigenvalue weighted by molar-refractivity contribution is 6.15. The highest BCUT2D eigenvalue weighted by Gasteiger charge is 2.35. The van der Waals surface area contributed by atoms with Crippen LogP contribution in [0.25, 0.3) is 11.8 Å². The second kappa shape index (κ2) is 8.76. The topological polar surface area (TPSA) is 92.7 Å². The minimum Gasteiger partial charge on any atom is -0.497 e. The maximum Gasteiger partial charge on any atom is 0.329 e. The fraction of sp³-hybridized carbons (Fsp3) is 0.0870. The molecule has 1 aliphatic rings. The first kappa shape index (κ1) is 20.9. The molecule has 0 atom stereocenters. The summed E-state index contributed by atoms with van der Waals surface area (Å²) >= 11 is 0. The molecule has 162 valence electrons. The van der Waals surface area contributed by atoms with E-state index in [-0.39, 0.29) is 11.4 Å². The van der Waals surface area contributed by atoms with Crippen molar-refractivity contribution in [1.29, 1.82) is 0 Å². The van der Waals surface area contributed by atoms with Crippen LogP contribution < -0.4 is 15.4 Å². The zero-order valence-electron chi connectivity index (χ0n) is 17.0. The molecule has 2 aromatic carbocycles. The summed E-state index contributed by atoms with van der Waals surface area (Å²) < 4.78 is 20.7. The third kappa shape index (κ3) is 4.22. The van der Waals surface area contributed by atoms with E-state index in [1.54, 1.807) is 25.3 Å². The predicted molar refractivity (Wildman–Crippen MR) is 116 cm³/mol. The van der Waals surface area contributed by atoms with Gasteiger partial charge in [-0.2, -0.15) is 0 Å². The van der Waals surface area contributed by atoms with Crippen LogP contribution in [0, 0.1) is 5.82 Å². The smallest absolute Gasteiger partial charge is 0.329 e. The predicted octanol–water partition coefficient (Wildman–Crippen LogP) is 3.16. The van der Waals surface area contributed by atoms with Gasteiger partial charge in [-0.1, -0.05) is 12.1 Å². The lowest BCUT2D eigenvalue weighted by molar-refractivity contribution is -0.127. The van der Waals surface area contributed by atoms with E-state index in [9.17, 15) is 18.8 Å². The van der Waals surface area contributed by atoms with Gasteiger partial charge in [0, 0.05) is 17.6 Å². The van der Waals surface area contributed by atoms with Crippen molar-refractivity contribution in [2.24, 2.45) is 0 Å². The molecule has 1 aliphatic heterocycles. The van der Waals surface area contributed by atoms with Gasteiger partial charge in [0.15, 0.2) is 0 Å². The van der Waals surface area contributed by atoms with Crippen molar-refractivity contribution in [3.05, 3.63) is 84.1 Å². The van der Waals surface area contributed by atoms with Gasteiger partial charge in [-0.15, -0.1) is 0 Å². The van der Waals surface area contributed by atoms with E-state index < -0.39 is 30.2 Å². The number of anilines is 1. The largest absolute Gasteiger partial charge is 0.497 e. The van der Waals surface area contributed by atoms with Gasteiger partial charge < -0.3 is 19.9 Å². The number of imide groups is 1. The summed E-state index contributed by atoms with van der Waals surface area (Å²) in [5, 5.41) is 4.84. The molecular formula is C23H19FN4O4. The number of urea groups is 1. The Bertz CT molecular complexity index is 1220. The van der Waals surface area contributed by atoms with Crippen molar-refractivity contribution >= 4 is 29.6 Å². The van der Waals surface area contributed by atoms with E-state index in [0.29, 0.717) is 11.4 Å². The maximum absolute atomic E-state index is 13.7. The molecule has 1 fully saturated rings. The van der Waals surface area contributed by atoms with E-state index in [1.165, 1.54) is 24.3 Å². The lowest BCUT2D eigenvalue weighted by atomic mass is 10.2. The summed E-state index contributed by atoms with van der Waals surface area (Å²) in [6.45, 7) is -0.546. The van der Waals surface area contributed by atoms with Crippen LogP contribution in [0.4, 0.5) is 14.9 Å². The summed E-state index contributed by atoms with van der Waals surface area (Å²) in [5.74, 6) is -1.25. The van der Waals surface area contributed by atoms with Gasteiger partial charge in [0.25, 0.3) is 5.91 Å². The lowest BCUT2D eigenvalue weighted by Crippen LogP contribution is -2.38. The van der Waals surface area contributed by atoms with Crippen LogP contribution in [0.3, 0.4) is 0 Å². The Morgan fingerprint density at radius 1 is 1.09 bits per heavy atom. The lowest BCUT2D eigenvalue weighted by Gasteiger charge is -2.12. The molecule has 0 spiro atoms. The van der Waals surface area contributed by atoms with Crippen LogP contribution in [0.5, 0.6) is 5.75 Å². The highest BCUT2D eigenvalue weighted by Crippen LogP contribution is 2.20. The normalized spacial score (nSPS) is 14.6. The first-order chi connectivity index (χ1) is 15.5. The molecule has 0 saturated carbocycles. The Kier molecular flexibility index (Phi) is 5.71. The second-order valence-corrected chi connectivity index (χ2v) is 6.91. The van der Waals surface area contributed by atoms with Crippen molar-refractivity contribution in [2.45, 2.75) is 0 Å². The first-order valence-electron chi connectivity index (χ1n) is 9.67. The standard InChI is InChI=1S/C23H19FN4O4/c1-32-17-10-8-15(9-11-17)27-12-4-5-16(27)13-20-22(30)28(23(31)26-20)14-21(29)25-19-7-3-2-6-18(19)24/h2-13H,14H2,1H3,(H,25,29)(H,26,31)/b20-13-. The minimum absolute atomic E-state index is 0.0298. The molecule has 1 aromatic heterocycles. The number of nitrogens with zero attached hydrogens (tertiary/aromatic N) is 2. The molecule has 2 N–H and O–H groups in total. The average Bonchev–Trinajstić information content (AvgIpc) is 3.35. The summed E-state index contributed by atoms with van der Waals surface area (Å²) in [4.78, 5) is 38.0. The molecule has 3 aromatic rings. The Hall–Kier alpha value is -4.40. The molecule has 0 bridgehead atoms. The molecule has 4 rings (SSSR count).